The molecule has 0 aliphatic heterocycles. The van der Waals surface area contributed by atoms with E-state index < -0.39 is 0 Å². The molecule has 0 amide bonds. The Morgan fingerprint density at radius 3 is 1.71 bits per heavy atom. The predicted molar refractivity (Wildman–Crippen MR) is 232 cm³/mol. The summed E-state index contributed by atoms with van der Waals surface area (Å²) < 4.78 is 10.2. The zero-order valence-corrected chi connectivity index (χ0v) is 33.6. The molecule has 0 atom stereocenters. The molecule has 6 rings (SSSR count). The van der Waals surface area contributed by atoms with Gasteiger partial charge in [-0.1, -0.05) is 113 Å². The van der Waals surface area contributed by atoms with Crippen molar-refractivity contribution in [3.8, 4) is 6.19 Å². The third kappa shape index (κ3) is 11.4. The van der Waals surface area contributed by atoms with Gasteiger partial charge < -0.3 is 14.4 Å². The van der Waals surface area contributed by atoms with Gasteiger partial charge in [-0.3, -0.25) is 4.99 Å². The highest BCUT2D eigenvalue weighted by molar-refractivity contribution is 9.08. The first-order valence-corrected chi connectivity index (χ1v) is 20.1. The number of benzene rings is 6. The van der Waals surface area contributed by atoms with Crippen LogP contribution in [0.5, 0.6) is 0 Å². The number of para-hydroxylation sites is 2. The molecule has 0 aliphatic rings. The van der Waals surface area contributed by atoms with Crippen molar-refractivity contribution in [1.29, 1.82) is 0 Å². The number of fused-ring (bicyclic) bond motifs is 1. The van der Waals surface area contributed by atoms with Crippen molar-refractivity contribution in [2.45, 2.75) is 40.0 Å². The van der Waals surface area contributed by atoms with Crippen molar-refractivity contribution in [3.05, 3.63) is 184 Å². The summed E-state index contributed by atoms with van der Waals surface area (Å²) in [5.41, 5.74) is 7.30. The molecule has 9 heteroatoms. The van der Waals surface area contributed by atoms with Gasteiger partial charge in [0.15, 0.2) is 0 Å². The van der Waals surface area contributed by atoms with Crippen LogP contribution in [-0.4, -0.2) is 37.3 Å². The smallest absolute Gasteiger partial charge is 0.377 e. The fourth-order valence-electron chi connectivity index (χ4n) is 6.11. The largest absolute Gasteiger partial charge is 0.462 e. The van der Waals surface area contributed by atoms with E-state index in [4.69, 9.17) is 19.3 Å². The van der Waals surface area contributed by atoms with Crippen molar-refractivity contribution in [2.75, 3.05) is 28.8 Å². The normalized spacial score (nSPS) is 10.5. The number of aliphatic imine (C=N–C) groups is 1. The number of esters is 2. The average Bonchev–Trinajstić information content (AvgIpc) is 3.25. The van der Waals surface area contributed by atoms with Gasteiger partial charge in [0, 0.05) is 23.4 Å². The fourth-order valence-corrected chi connectivity index (χ4v) is 6.11. The molecule has 0 aromatic heterocycles. The maximum atomic E-state index is 12.1. The second-order valence-electron chi connectivity index (χ2n) is 12.5. The highest BCUT2D eigenvalue weighted by Gasteiger charge is 2.18. The molecule has 0 aliphatic carbocycles. The van der Waals surface area contributed by atoms with Gasteiger partial charge >= 0.3 is 18.1 Å². The number of halogens is 1. The van der Waals surface area contributed by atoms with Crippen LogP contribution in [0.15, 0.2) is 151 Å². The van der Waals surface area contributed by atoms with Crippen molar-refractivity contribution < 1.29 is 19.1 Å². The molecule has 0 unspecified atom stereocenters. The summed E-state index contributed by atoms with van der Waals surface area (Å²) in [5, 5.41) is 2.31. The molecule has 6 aromatic rings. The highest BCUT2D eigenvalue weighted by Crippen LogP contribution is 2.28. The van der Waals surface area contributed by atoms with Crippen LogP contribution < -0.4 is 9.80 Å². The van der Waals surface area contributed by atoms with Gasteiger partial charge in [-0.15, -0.1) is 0 Å². The van der Waals surface area contributed by atoms with Crippen LogP contribution in [0.2, 0.25) is 0 Å². The molecule has 56 heavy (non-hydrogen) atoms. The Kier molecular flexibility index (Phi) is 15.8. The van der Waals surface area contributed by atoms with E-state index in [0.29, 0.717) is 50.5 Å². The Morgan fingerprint density at radius 1 is 0.643 bits per heavy atom. The highest BCUT2D eigenvalue weighted by atomic mass is 79.9. The molecule has 0 radical (unpaired) electrons. The van der Waals surface area contributed by atoms with Gasteiger partial charge in [0.05, 0.1) is 37.2 Å². The third-order valence-electron chi connectivity index (χ3n) is 8.78. The van der Waals surface area contributed by atoms with Crippen LogP contribution in [0.1, 0.15) is 56.8 Å². The van der Waals surface area contributed by atoms with Crippen LogP contribution in [0, 0.1) is 6.19 Å². The zero-order valence-electron chi connectivity index (χ0n) is 32.0. The van der Waals surface area contributed by atoms with Gasteiger partial charge in [-0.05, 0) is 90.1 Å². The zero-order chi connectivity index (χ0) is 39.5. The molecule has 284 valence electrons. The van der Waals surface area contributed by atoms with Crippen LogP contribution in [0.3, 0.4) is 0 Å². The van der Waals surface area contributed by atoms with Crippen LogP contribution >= 0.6 is 15.9 Å². The lowest BCUT2D eigenvalue weighted by Gasteiger charge is -2.22. The predicted octanol–water partition coefficient (Wildman–Crippen LogP) is 10.9. The first-order chi connectivity index (χ1) is 27.5. The van der Waals surface area contributed by atoms with Gasteiger partial charge in [-0.2, -0.15) is 9.74 Å². The number of carbonyl (C=O) groups is 2. The maximum Gasteiger partial charge on any atom is 0.377 e. The Hall–Kier alpha value is -6.24. The Bertz CT molecular complexity index is 2250. The molecule has 0 saturated carbocycles. The maximum absolute atomic E-state index is 12.1. The van der Waals surface area contributed by atoms with Crippen molar-refractivity contribution in [1.82, 2.24) is 0 Å². The van der Waals surface area contributed by atoms with E-state index in [1.807, 2.05) is 77.7 Å². The molecule has 0 fully saturated rings. The summed E-state index contributed by atoms with van der Waals surface area (Å²) in [6.07, 6.45) is 5.21. The molecule has 0 saturated heterocycles. The van der Waals surface area contributed by atoms with Gasteiger partial charge in [0.25, 0.3) is 0 Å². The van der Waals surface area contributed by atoms with E-state index in [1.165, 1.54) is 5.39 Å². The van der Waals surface area contributed by atoms with Crippen molar-refractivity contribution >= 4 is 56.4 Å². The Morgan fingerprint density at radius 2 is 1.16 bits per heavy atom. The number of alkyl halides is 1. The van der Waals surface area contributed by atoms with Gasteiger partial charge in [0.1, 0.15) is 12.2 Å². The number of anilines is 2. The fraction of sp³-hybridized carbons (Fsp3) is 0.191. The molecule has 6 aromatic carbocycles. The van der Waals surface area contributed by atoms with E-state index in [2.05, 4.69) is 87.7 Å². The SMILES string of the molecule is CBr.CCOC(=O)c1ccc(CN=CN(Cc2cccc3cccc(CN(C#[N+]Cc4ccc(C(=O)OCC)cc4)c4ccccc4)c23)c2ccccc2)cc1. The first-order valence-electron chi connectivity index (χ1n) is 18.5. The standard InChI is InChI=1S/C46H43N4O4.CH3Br/c1-3-53-45(51)38-25-21-35(22-26-38)29-47-33-49(42-17-7-5-8-18-42)31-40-15-11-13-37-14-12-16-41(44(37)40)32-50(43-19-9-6-10-20-43)34-48-30-36-23-27-39(28-24-36)46(52)54-4-2;1-2/h5-28,33H,3-4,29-32H2,1-2H3;1H3/q+1;. The van der Waals surface area contributed by atoms with Crippen LogP contribution in [-0.2, 0) is 35.7 Å². The number of carbonyl (C=O) groups excluding carboxylic acids is 2. The number of rotatable bonds is 14. The van der Waals surface area contributed by atoms with E-state index in [0.717, 1.165) is 39.0 Å². The molecule has 0 heterocycles. The molecule has 8 nitrogen and oxygen atoms in total. The minimum atomic E-state index is -0.331. The first kappa shape index (κ1) is 40.9. The number of hydrogen-bond donors (Lipinski definition) is 0. The summed E-state index contributed by atoms with van der Waals surface area (Å²) >= 11 is 2.94. The molecular weight excluding hydrogens is 764 g/mol. The number of ether oxygens (including phenoxy) is 2. The summed E-state index contributed by atoms with van der Waals surface area (Å²) in [5.74, 6) is 1.16. The molecular formula is C47H46BrN4O4+. The summed E-state index contributed by atoms with van der Waals surface area (Å²) in [6, 6.07) is 47.9. The quantitative estimate of drug-likeness (QED) is 0.0272. The summed E-state index contributed by atoms with van der Waals surface area (Å²) in [6.45, 7) is 6.28. The lowest BCUT2D eigenvalue weighted by atomic mass is 9.98. The minimum Gasteiger partial charge on any atom is -0.462 e. The molecule has 0 N–H and O–H groups in total. The van der Waals surface area contributed by atoms with E-state index in [-0.39, 0.29) is 11.9 Å². The number of hydrogen-bond acceptors (Lipinski definition) is 6. The monoisotopic (exact) mass is 809 g/mol. The van der Waals surface area contributed by atoms with E-state index in [9.17, 15) is 9.59 Å². The Labute approximate surface area is 338 Å². The van der Waals surface area contributed by atoms with Gasteiger partial charge in [0.2, 0.25) is 6.54 Å². The van der Waals surface area contributed by atoms with Crippen LogP contribution in [0.4, 0.5) is 11.4 Å². The summed E-state index contributed by atoms with van der Waals surface area (Å²) in [7, 11) is 0. The Balaban J connectivity index is 0.00000295. The third-order valence-corrected chi connectivity index (χ3v) is 8.78. The van der Waals surface area contributed by atoms with Crippen LogP contribution in [0.25, 0.3) is 15.6 Å². The van der Waals surface area contributed by atoms with E-state index >= 15 is 0 Å². The lowest BCUT2D eigenvalue weighted by Crippen LogP contribution is -2.21. The molecule has 0 bridgehead atoms. The average molecular weight is 811 g/mol. The van der Waals surface area contributed by atoms with Crippen molar-refractivity contribution in [2.24, 2.45) is 4.99 Å². The summed E-state index contributed by atoms with van der Waals surface area (Å²) in [4.78, 5) is 37.9. The second kappa shape index (κ2) is 21.6. The second-order valence-corrected chi connectivity index (χ2v) is 12.5. The minimum absolute atomic E-state index is 0.325. The van der Waals surface area contributed by atoms with Crippen molar-refractivity contribution in [3.63, 3.8) is 0 Å². The lowest BCUT2D eigenvalue weighted by molar-refractivity contribution is 0.0516. The topological polar surface area (TPSA) is 75.8 Å². The van der Waals surface area contributed by atoms with E-state index in [1.54, 1.807) is 38.1 Å². The number of nitrogens with zero attached hydrogens (tertiary/aromatic N) is 4. The molecule has 0 spiro atoms. The van der Waals surface area contributed by atoms with Gasteiger partial charge in [-0.25, -0.2) is 9.59 Å².